The maximum atomic E-state index is 5.73. The summed E-state index contributed by atoms with van der Waals surface area (Å²) >= 11 is 0. The van der Waals surface area contributed by atoms with Crippen LogP contribution in [0.5, 0.6) is 0 Å². The molecular formula is C14H24N2O. The summed E-state index contributed by atoms with van der Waals surface area (Å²) in [5.41, 5.74) is 0. The number of nitrogens with zero attached hydrogens (tertiary/aromatic N) is 1. The van der Waals surface area contributed by atoms with Gasteiger partial charge in [0.1, 0.15) is 11.5 Å². The summed E-state index contributed by atoms with van der Waals surface area (Å²) in [7, 11) is 0. The molecule has 2 heterocycles. The van der Waals surface area contributed by atoms with Gasteiger partial charge in [-0.1, -0.05) is 6.92 Å². The van der Waals surface area contributed by atoms with Crippen molar-refractivity contribution in [3.63, 3.8) is 0 Å². The van der Waals surface area contributed by atoms with E-state index >= 15 is 0 Å². The predicted molar refractivity (Wildman–Crippen MR) is 70.1 cm³/mol. The summed E-state index contributed by atoms with van der Waals surface area (Å²) in [6, 6.07) is 5.18. The van der Waals surface area contributed by atoms with Crippen LogP contribution in [0.1, 0.15) is 44.3 Å². The molecule has 0 spiro atoms. The Morgan fingerprint density at radius 3 is 2.88 bits per heavy atom. The second-order valence-electron chi connectivity index (χ2n) is 5.01. The summed E-state index contributed by atoms with van der Waals surface area (Å²) in [6.07, 6.45) is 2.62. The van der Waals surface area contributed by atoms with Crippen molar-refractivity contribution < 1.29 is 4.42 Å². The van der Waals surface area contributed by atoms with Crippen molar-refractivity contribution in [3.8, 4) is 0 Å². The molecule has 1 aromatic rings. The van der Waals surface area contributed by atoms with Crippen molar-refractivity contribution in [1.29, 1.82) is 0 Å². The van der Waals surface area contributed by atoms with Gasteiger partial charge in [-0.3, -0.25) is 4.90 Å². The molecule has 0 radical (unpaired) electrons. The predicted octanol–water partition coefficient (Wildman–Crippen LogP) is 2.72. The Labute approximate surface area is 104 Å². The quantitative estimate of drug-likeness (QED) is 0.852. The maximum Gasteiger partial charge on any atom is 0.121 e. The van der Waals surface area contributed by atoms with Gasteiger partial charge < -0.3 is 9.73 Å². The number of hydrogen-bond acceptors (Lipinski definition) is 3. The molecule has 2 atom stereocenters. The van der Waals surface area contributed by atoms with Crippen LogP contribution in [-0.4, -0.2) is 30.6 Å². The highest BCUT2D eigenvalue weighted by molar-refractivity contribution is 5.09. The lowest BCUT2D eigenvalue weighted by molar-refractivity contribution is 0.180. The molecule has 2 unspecified atom stereocenters. The fourth-order valence-corrected chi connectivity index (χ4v) is 2.61. The molecular weight excluding hydrogens is 212 g/mol. The van der Waals surface area contributed by atoms with Gasteiger partial charge in [0.25, 0.3) is 0 Å². The Morgan fingerprint density at radius 1 is 1.53 bits per heavy atom. The highest BCUT2D eigenvalue weighted by atomic mass is 16.3. The fraction of sp³-hybridized carbons (Fsp3) is 0.714. The molecule has 2 rings (SSSR count). The molecule has 1 N–H and O–H groups in total. The maximum absolute atomic E-state index is 5.73. The number of likely N-dealkylation sites (N-methyl/N-ethyl adjacent to an activating group) is 1. The third-order valence-electron chi connectivity index (χ3n) is 3.74. The Balaban J connectivity index is 1.96. The lowest BCUT2D eigenvalue weighted by Crippen LogP contribution is -2.38. The first-order valence-electron chi connectivity index (χ1n) is 6.74. The van der Waals surface area contributed by atoms with Crippen LogP contribution in [0.2, 0.25) is 0 Å². The molecule has 0 bridgehead atoms. The number of nitrogens with one attached hydrogen (secondary N) is 1. The first-order chi connectivity index (χ1) is 8.20. The van der Waals surface area contributed by atoms with Gasteiger partial charge in [0.05, 0.1) is 6.04 Å². The van der Waals surface area contributed by atoms with Crippen molar-refractivity contribution in [3.05, 3.63) is 23.7 Å². The number of hydrogen-bond donors (Lipinski definition) is 1. The van der Waals surface area contributed by atoms with E-state index in [0.29, 0.717) is 12.1 Å². The van der Waals surface area contributed by atoms with Gasteiger partial charge in [-0.05, 0) is 51.9 Å². The van der Waals surface area contributed by atoms with Gasteiger partial charge in [0.2, 0.25) is 0 Å². The standard InChI is InChI=1S/C14H24N2O/c1-4-16(10-13-6-5-9-15-13)12(3)14-8-7-11(2)17-14/h7-8,12-13,15H,4-6,9-10H2,1-3H3. The van der Waals surface area contributed by atoms with Crippen molar-refractivity contribution in [2.45, 2.75) is 45.7 Å². The Hall–Kier alpha value is -0.800. The minimum absolute atomic E-state index is 0.371. The molecule has 1 aliphatic rings. The molecule has 0 amide bonds. The SMILES string of the molecule is CCN(CC1CCCN1)C(C)c1ccc(C)o1. The van der Waals surface area contributed by atoms with Crippen molar-refractivity contribution in [2.24, 2.45) is 0 Å². The van der Waals surface area contributed by atoms with E-state index in [4.69, 9.17) is 4.42 Å². The zero-order chi connectivity index (χ0) is 12.3. The van der Waals surface area contributed by atoms with Gasteiger partial charge in [-0.2, -0.15) is 0 Å². The third-order valence-corrected chi connectivity index (χ3v) is 3.74. The lowest BCUT2D eigenvalue weighted by atomic mass is 10.1. The third kappa shape index (κ3) is 3.11. The van der Waals surface area contributed by atoms with E-state index in [9.17, 15) is 0 Å². The second kappa shape index (κ2) is 5.69. The van der Waals surface area contributed by atoms with Crippen molar-refractivity contribution in [1.82, 2.24) is 10.2 Å². The monoisotopic (exact) mass is 236 g/mol. The van der Waals surface area contributed by atoms with Crippen LogP contribution < -0.4 is 5.32 Å². The molecule has 1 aromatic heterocycles. The van der Waals surface area contributed by atoms with Crippen LogP contribution >= 0.6 is 0 Å². The topological polar surface area (TPSA) is 28.4 Å². The summed E-state index contributed by atoms with van der Waals surface area (Å²) in [4.78, 5) is 2.49. The zero-order valence-corrected chi connectivity index (χ0v) is 11.2. The summed E-state index contributed by atoms with van der Waals surface area (Å²) in [5.74, 6) is 2.09. The molecule has 96 valence electrons. The summed E-state index contributed by atoms with van der Waals surface area (Å²) in [6.45, 7) is 9.83. The van der Waals surface area contributed by atoms with E-state index in [2.05, 4.69) is 30.1 Å². The van der Waals surface area contributed by atoms with E-state index in [-0.39, 0.29) is 0 Å². The Morgan fingerprint density at radius 2 is 2.35 bits per heavy atom. The average molecular weight is 236 g/mol. The van der Waals surface area contributed by atoms with Crippen LogP contribution in [0, 0.1) is 6.92 Å². The van der Waals surface area contributed by atoms with Gasteiger partial charge in [-0.25, -0.2) is 0 Å². The summed E-state index contributed by atoms with van der Waals surface area (Å²) in [5, 5.41) is 3.56. The molecule has 0 saturated carbocycles. The first kappa shape index (κ1) is 12.7. The van der Waals surface area contributed by atoms with Crippen LogP contribution in [0.4, 0.5) is 0 Å². The molecule has 0 aromatic carbocycles. The lowest BCUT2D eigenvalue weighted by Gasteiger charge is -2.29. The van der Waals surface area contributed by atoms with Gasteiger partial charge in [-0.15, -0.1) is 0 Å². The Kier molecular flexibility index (Phi) is 4.24. The highest BCUT2D eigenvalue weighted by Crippen LogP contribution is 2.23. The minimum Gasteiger partial charge on any atom is -0.465 e. The summed E-state index contributed by atoms with van der Waals surface area (Å²) < 4.78 is 5.73. The number of rotatable bonds is 5. The van der Waals surface area contributed by atoms with Gasteiger partial charge in [0.15, 0.2) is 0 Å². The van der Waals surface area contributed by atoms with Crippen LogP contribution in [-0.2, 0) is 0 Å². The van der Waals surface area contributed by atoms with Gasteiger partial charge >= 0.3 is 0 Å². The average Bonchev–Trinajstić information content (AvgIpc) is 2.96. The van der Waals surface area contributed by atoms with Crippen LogP contribution in [0.25, 0.3) is 0 Å². The number of furan rings is 1. The molecule has 0 aliphatic carbocycles. The number of aryl methyl sites for hydroxylation is 1. The minimum atomic E-state index is 0.371. The smallest absolute Gasteiger partial charge is 0.121 e. The highest BCUT2D eigenvalue weighted by Gasteiger charge is 2.22. The fourth-order valence-electron chi connectivity index (χ4n) is 2.61. The normalized spacial score (nSPS) is 22.2. The second-order valence-corrected chi connectivity index (χ2v) is 5.01. The molecule has 3 nitrogen and oxygen atoms in total. The van der Waals surface area contributed by atoms with E-state index in [1.165, 1.54) is 19.4 Å². The molecule has 3 heteroatoms. The molecule has 1 aliphatic heterocycles. The first-order valence-corrected chi connectivity index (χ1v) is 6.74. The molecule has 1 saturated heterocycles. The molecule has 1 fully saturated rings. The largest absolute Gasteiger partial charge is 0.465 e. The van der Waals surface area contributed by atoms with E-state index in [1.54, 1.807) is 0 Å². The van der Waals surface area contributed by atoms with E-state index < -0.39 is 0 Å². The van der Waals surface area contributed by atoms with Gasteiger partial charge in [0, 0.05) is 12.6 Å². The Bertz CT molecular complexity index is 342. The van der Waals surface area contributed by atoms with Crippen LogP contribution in [0.3, 0.4) is 0 Å². The van der Waals surface area contributed by atoms with Crippen LogP contribution in [0.15, 0.2) is 16.5 Å². The van der Waals surface area contributed by atoms with Crippen molar-refractivity contribution >= 4 is 0 Å². The zero-order valence-electron chi connectivity index (χ0n) is 11.2. The van der Waals surface area contributed by atoms with E-state index in [0.717, 1.165) is 24.6 Å². The molecule has 17 heavy (non-hydrogen) atoms. The van der Waals surface area contributed by atoms with E-state index in [1.807, 2.05) is 13.0 Å². The van der Waals surface area contributed by atoms with Crippen molar-refractivity contribution in [2.75, 3.05) is 19.6 Å².